The van der Waals surface area contributed by atoms with Gasteiger partial charge in [-0.25, -0.2) is 4.98 Å². The number of halogens is 3. The van der Waals surface area contributed by atoms with Crippen molar-refractivity contribution < 1.29 is 22.8 Å². The predicted octanol–water partition coefficient (Wildman–Crippen LogP) is 5.08. The second kappa shape index (κ2) is 12.9. The number of alkyl halides is 3. The molecule has 1 aliphatic heterocycles. The van der Waals surface area contributed by atoms with Crippen LogP contribution < -0.4 is 10.2 Å². The third-order valence-corrected chi connectivity index (χ3v) is 5.69. The molecule has 1 aromatic heterocycles. The molecule has 2 heterocycles. The summed E-state index contributed by atoms with van der Waals surface area (Å²) in [5, 5.41) is 3.03. The Morgan fingerprint density at radius 3 is 2.19 bits per heavy atom. The van der Waals surface area contributed by atoms with Crippen molar-refractivity contribution in [2.75, 3.05) is 31.1 Å². The molecule has 2 aromatic rings. The molecular weight excluding hydrogens is 469 g/mol. The lowest BCUT2D eigenvalue weighted by molar-refractivity contribution is -0.156. The zero-order chi connectivity index (χ0) is 26.9. The Bertz CT molecular complexity index is 978. The van der Waals surface area contributed by atoms with Crippen LogP contribution in [0, 0.1) is 5.41 Å². The molecule has 0 aliphatic carbocycles. The molecule has 9 heteroatoms. The molecule has 0 saturated carbocycles. The van der Waals surface area contributed by atoms with Gasteiger partial charge in [0, 0.05) is 56.9 Å². The standard InChI is InChI=1S/C25H36N4O.C2HF3O/c1-19(2)28-11-13-29(14-12-28)23-10-9-22(18-26-23)21-8-6-7-20(15-21)17-27-24(30)16-25(3,4)5;3-2(4,5)1-6/h6-10,15,18-19H,11-14,16-17H2,1-5H3,(H,27,30);1H. The van der Waals surface area contributed by atoms with Crippen LogP contribution in [-0.2, 0) is 16.1 Å². The average molecular weight is 507 g/mol. The van der Waals surface area contributed by atoms with Crippen LogP contribution in [0.25, 0.3) is 11.1 Å². The van der Waals surface area contributed by atoms with E-state index in [1.165, 1.54) is 0 Å². The van der Waals surface area contributed by atoms with E-state index >= 15 is 0 Å². The first-order chi connectivity index (χ1) is 16.8. The van der Waals surface area contributed by atoms with Crippen molar-refractivity contribution in [3.8, 4) is 11.1 Å². The molecule has 1 aromatic carbocycles. The lowest BCUT2D eigenvalue weighted by Gasteiger charge is -2.37. The first-order valence-electron chi connectivity index (χ1n) is 12.1. The van der Waals surface area contributed by atoms with Gasteiger partial charge in [-0.1, -0.05) is 39.0 Å². The van der Waals surface area contributed by atoms with Gasteiger partial charge in [-0.2, -0.15) is 13.2 Å². The van der Waals surface area contributed by atoms with E-state index in [4.69, 9.17) is 9.78 Å². The minimum absolute atomic E-state index is 0.000771. The number of benzene rings is 1. The second-order valence-corrected chi connectivity index (χ2v) is 10.4. The number of piperazine rings is 1. The van der Waals surface area contributed by atoms with E-state index in [-0.39, 0.29) is 11.3 Å². The van der Waals surface area contributed by atoms with Gasteiger partial charge in [-0.05, 0) is 48.6 Å². The molecule has 0 unspecified atom stereocenters. The van der Waals surface area contributed by atoms with Gasteiger partial charge >= 0.3 is 6.18 Å². The number of amides is 1. The summed E-state index contributed by atoms with van der Waals surface area (Å²) in [5.41, 5.74) is 3.33. The molecule has 0 atom stereocenters. The second-order valence-electron chi connectivity index (χ2n) is 10.4. The molecular formula is C27H37F3N4O2. The van der Waals surface area contributed by atoms with Crippen molar-refractivity contribution in [1.29, 1.82) is 0 Å². The van der Waals surface area contributed by atoms with Gasteiger partial charge in [-0.3, -0.25) is 14.5 Å². The first-order valence-corrected chi connectivity index (χ1v) is 12.1. The van der Waals surface area contributed by atoms with Crippen LogP contribution in [0.3, 0.4) is 0 Å². The van der Waals surface area contributed by atoms with Gasteiger partial charge in [0.1, 0.15) is 5.82 Å². The van der Waals surface area contributed by atoms with Crippen molar-refractivity contribution in [2.24, 2.45) is 5.41 Å². The lowest BCUT2D eigenvalue weighted by Crippen LogP contribution is -2.49. The lowest BCUT2D eigenvalue weighted by atomic mass is 9.92. The third kappa shape index (κ3) is 10.4. The summed E-state index contributed by atoms with van der Waals surface area (Å²) in [6.45, 7) is 15.5. The van der Waals surface area contributed by atoms with E-state index in [1.807, 2.05) is 12.3 Å². The molecule has 1 amide bonds. The Balaban J connectivity index is 0.000000678. The Hall–Kier alpha value is -2.94. The predicted molar refractivity (Wildman–Crippen MR) is 137 cm³/mol. The van der Waals surface area contributed by atoms with E-state index < -0.39 is 12.5 Å². The average Bonchev–Trinajstić information content (AvgIpc) is 2.82. The Labute approximate surface area is 211 Å². The number of nitrogens with one attached hydrogen (secondary N) is 1. The summed E-state index contributed by atoms with van der Waals surface area (Å²) in [6.07, 6.45) is -3.21. The van der Waals surface area contributed by atoms with Crippen molar-refractivity contribution in [3.05, 3.63) is 48.2 Å². The molecule has 198 valence electrons. The monoisotopic (exact) mass is 506 g/mol. The van der Waals surface area contributed by atoms with Crippen LogP contribution in [0.1, 0.15) is 46.6 Å². The number of carbonyl (C=O) groups excluding carboxylic acids is 2. The molecule has 1 N–H and O–H groups in total. The maximum atomic E-state index is 12.1. The number of hydrogen-bond acceptors (Lipinski definition) is 5. The summed E-state index contributed by atoms with van der Waals surface area (Å²) >= 11 is 0. The molecule has 1 fully saturated rings. The number of hydrogen-bond donors (Lipinski definition) is 1. The van der Waals surface area contributed by atoms with Gasteiger partial charge in [0.25, 0.3) is 0 Å². The largest absolute Gasteiger partial charge is 0.446 e. The molecule has 6 nitrogen and oxygen atoms in total. The highest BCUT2D eigenvalue weighted by Crippen LogP contribution is 2.23. The number of aromatic nitrogens is 1. The van der Waals surface area contributed by atoms with Crippen molar-refractivity contribution in [1.82, 2.24) is 15.2 Å². The van der Waals surface area contributed by atoms with E-state index in [0.717, 1.165) is 48.7 Å². The van der Waals surface area contributed by atoms with Gasteiger partial charge in [0.2, 0.25) is 12.2 Å². The number of aldehydes is 1. The van der Waals surface area contributed by atoms with Crippen LogP contribution in [0.4, 0.5) is 19.0 Å². The van der Waals surface area contributed by atoms with Crippen LogP contribution in [0.5, 0.6) is 0 Å². The highest BCUT2D eigenvalue weighted by Gasteiger charge is 2.25. The summed E-state index contributed by atoms with van der Waals surface area (Å²) in [5.74, 6) is 1.14. The topological polar surface area (TPSA) is 65.5 Å². The van der Waals surface area contributed by atoms with E-state index in [9.17, 15) is 18.0 Å². The van der Waals surface area contributed by atoms with Crippen molar-refractivity contribution >= 4 is 18.0 Å². The Morgan fingerprint density at radius 1 is 1.06 bits per heavy atom. The minimum Gasteiger partial charge on any atom is -0.354 e. The summed E-state index contributed by atoms with van der Waals surface area (Å²) < 4.78 is 31.2. The van der Waals surface area contributed by atoms with Gasteiger partial charge in [-0.15, -0.1) is 0 Å². The SMILES string of the molecule is CC(C)N1CCN(c2ccc(-c3cccc(CNC(=O)CC(C)(C)C)c3)cn2)CC1.O=CC(F)(F)F. The van der Waals surface area contributed by atoms with E-state index in [2.05, 4.69) is 80.1 Å². The number of anilines is 1. The van der Waals surface area contributed by atoms with E-state index in [0.29, 0.717) is 19.0 Å². The normalized spacial score (nSPS) is 14.8. The number of nitrogens with zero attached hydrogens (tertiary/aromatic N) is 3. The van der Waals surface area contributed by atoms with Crippen molar-refractivity contribution in [2.45, 2.75) is 59.8 Å². The Kier molecular flexibility index (Phi) is 10.5. The highest BCUT2D eigenvalue weighted by atomic mass is 19.4. The van der Waals surface area contributed by atoms with Crippen molar-refractivity contribution in [3.63, 3.8) is 0 Å². The highest BCUT2D eigenvalue weighted by molar-refractivity contribution is 5.76. The maximum absolute atomic E-state index is 12.1. The smallest absolute Gasteiger partial charge is 0.354 e. The zero-order valence-electron chi connectivity index (χ0n) is 21.7. The van der Waals surface area contributed by atoms with Crippen LogP contribution in [-0.4, -0.2) is 60.5 Å². The van der Waals surface area contributed by atoms with Crippen LogP contribution >= 0.6 is 0 Å². The number of rotatable bonds is 6. The fraction of sp³-hybridized carbons (Fsp3) is 0.519. The minimum atomic E-state index is -4.64. The molecule has 0 bridgehead atoms. The molecule has 3 rings (SSSR count). The van der Waals surface area contributed by atoms with Gasteiger partial charge in [0.05, 0.1) is 0 Å². The Morgan fingerprint density at radius 2 is 1.69 bits per heavy atom. The molecule has 0 radical (unpaired) electrons. The van der Waals surface area contributed by atoms with Gasteiger partial charge < -0.3 is 10.2 Å². The maximum Gasteiger partial charge on any atom is 0.446 e. The number of carbonyl (C=O) groups is 2. The molecule has 36 heavy (non-hydrogen) atoms. The van der Waals surface area contributed by atoms with E-state index in [1.54, 1.807) is 0 Å². The third-order valence-electron chi connectivity index (χ3n) is 5.69. The summed E-state index contributed by atoms with van der Waals surface area (Å²) in [7, 11) is 0. The quantitative estimate of drug-likeness (QED) is 0.554. The summed E-state index contributed by atoms with van der Waals surface area (Å²) in [4.78, 5) is 30.4. The first kappa shape index (κ1) is 29.3. The summed E-state index contributed by atoms with van der Waals surface area (Å²) in [6, 6.07) is 13.2. The van der Waals surface area contributed by atoms with Crippen LogP contribution in [0.15, 0.2) is 42.6 Å². The molecule has 1 aliphatic rings. The number of pyridine rings is 1. The molecule has 1 saturated heterocycles. The van der Waals surface area contributed by atoms with Gasteiger partial charge in [0.15, 0.2) is 0 Å². The zero-order valence-corrected chi connectivity index (χ0v) is 21.7. The van der Waals surface area contributed by atoms with Crippen LogP contribution in [0.2, 0.25) is 0 Å². The fourth-order valence-electron chi connectivity index (χ4n) is 3.82. The fourth-order valence-corrected chi connectivity index (χ4v) is 3.82. The molecule has 0 spiro atoms.